The van der Waals surface area contributed by atoms with Gasteiger partial charge in [-0.05, 0) is 28.8 Å². The molecule has 1 fully saturated rings. The maximum atomic E-state index is 13.2. The van der Waals surface area contributed by atoms with Gasteiger partial charge in [0.15, 0.2) is 11.2 Å². The molecule has 3 atom stereocenters. The number of methoxy groups -OCH3 is 1. The molecule has 2 aromatic heterocycles. The fourth-order valence-electron chi connectivity index (χ4n) is 5.36. The third-order valence-corrected chi connectivity index (χ3v) is 7.37. The molecule has 10 heteroatoms. The standard InChI is InChI=1S/C30H29N5O5/c1-39-22-14-12-21(13-15-22)30(19-8-4-2-5-9-19,20-10-6-3-7-11-20)34-29-32-27-26(28(38)33-29)31-18-35(27)25-16-23(37)24(17-36)40-25/h2-15,18,23-25,36-37H,16-17H2,1H3,(H2,32,33,34,38)/t23?,24-,25-/m1/s1. The van der Waals surface area contributed by atoms with E-state index in [0.717, 1.165) is 22.4 Å². The average molecular weight is 540 g/mol. The molecule has 0 spiro atoms. The summed E-state index contributed by atoms with van der Waals surface area (Å²) in [5, 5.41) is 23.4. The van der Waals surface area contributed by atoms with E-state index >= 15 is 0 Å². The van der Waals surface area contributed by atoms with Gasteiger partial charge in [-0.15, -0.1) is 0 Å². The van der Waals surface area contributed by atoms with Crippen LogP contribution in [0.4, 0.5) is 5.95 Å². The number of hydrogen-bond donors (Lipinski definition) is 4. The van der Waals surface area contributed by atoms with Gasteiger partial charge in [0, 0.05) is 6.42 Å². The summed E-state index contributed by atoms with van der Waals surface area (Å²) in [5.74, 6) is 0.940. The van der Waals surface area contributed by atoms with Crippen molar-refractivity contribution in [1.82, 2.24) is 19.5 Å². The molecule has 10 nitrogen and oxygen atoms in total. The molecule has 204 valence electrons. The van der Waals surface area contributed by atoms with Crippen molar-refractivity contribution in [1.29, 1.82) is 0 Å². The number of anilines is 1. The Morgan fingerprint density at radius 3 is 2.23 bits per heavy atom. The summed E-state index contributed by atoms with van der Waals surface area (Å²) >= 11 is 0. The lowest BCUT2D eigenvalue weighted by molar-refractivity contribution is -0.0432. The zero-order valence-corrected chi connectivity index (χ0v) is 21.8. The van der Waals surface area contributed by atoms with Crippen molar-refractivity contribution >= 4 is 17.1 Å². The number of hydrogen-bond acceptors (Lipinski definition) is 8. The van der Waals surface area contributed by atoms with Gasteiger partial charge in [0.05, 0.1) is 26.1 Å². The maximum Gasteiger partial charge on any atom is 0.280 e. The highest BCUT2D eigenvalue weighted by Crippen LogP contribution is 2.40. The van der Waals surface area contributed by atoms with E-state index in [1.165, 1.54) is 6.33 Å². The molecule has 40 heavy (non-hydrogen) atoms. The highest BCUT2D eigenvalue weighted by Gasteiger charge is 2.38. The van der Waals surface area contributed by atoms with Crippen molar-refractivity contribution in [3.05, 3.63) is 118 Å². The number of nitrogens with zero attached hydrogens (tertiary/aromatic N) is 3. The number of ether oxygens (including phenoxy) is 2. The summed E-state index contributed by atoms with van der Waals surface area (Å²) in [5.41, 5.74) is 1.82. The number of benzene rings is 3. The molecule has 3 heterocycles. The molecule has 3 aromatic carbocycles. The lowest BCUT2D eigenvalue weighted by Crippen LogP contribution is -2.39. The van der Waals surface area contributed by atoms with E-state index in [4.69, 9.17) is 14.5 Å². The number of aromatic nitrogens is 4. The van der Waals surface area contributed by atoms with Crippen LogP contribution in [0.5, 0.6) is 5.75 Å². The lowest BCUT2D eigenvalue weighted by Gasteiger charge is -2.37. The fraction of sp³-hybridized carbons (Fsp3) is 0.233. The fourth-order valence-corrected chi connectivity index (χ4v) is 5.36. The summed E-state index contributed by atoms with van der Waals surface area (Å²) in [6.07, 6.45) is -0.489. The zero-order valence-electron chi connectivity index (χ0n) is 21.8. The average Bonchev–Trinajstić information content (AvgIpc) is 3.60. The second kappa shape index (κ2) is 10.6. The van der Waals surface area contributed by atoms with Gasteiger partial charge in [-0.25, -0.2) is 4.98 Å². The van der Waals surface area contributed by atoms with Crippen molar-refractivity contribution in [2.75, 3.05) is 19.0 Å². The Balaban J connectivity index is 1.53. The predicted octanol–water partition coefficient (Wildman–Crippen LogP) is 3.17. The minimum absolute atomic E-state index is 0.144. The topological polar surface area (TPSA) is 135 Å². The van der Waals surface area contributed by atoms with E-state index in [1.54, 1.807) is 11.7 Å². The normalized spacial score (nSPS) is 19.1. The number of nitrogens with one attached hydrogen (secondary N) is 2. The molecule has 0 bridgehead atoms. The Hall–Kier alpha value is -4.51. The Morgan fingerprint density at radius 1 is 1.02 bits per heavy atom. The van der Waals surface area contributed by atoms with Crippen LogP contribution in [-0.4, -0.2) is 55.7 Å². The van der Waals surface area contributed by atoms with E-state index in [1.807, 2.05) is 84.9 Å². The number of aliphatic hydroxyl groups excluding tert-OH is 2. The Kier molecular flexibility index (Phi) is 6.81. The van der Waals surface area contributed by atoms with E-state index < -0.39 is 29.5 Å². The van der Waals surface area contributed by atoms with Crippen LogP contribution in [0.2, 0.25) is 0 Å². The number of aliphatic hydroxyl groups is 2. The molecular weight excluding hydrogens is 510 g/mol. The molecule has 0 aliphatic carbocycles. The van der Waals surface area contributed by atoms with Gasteiger partial charge in [-0.2, -0.15) is 4.98 Å². The second-order valence-corrected chi connectivity index (χ2v) is 9.69. The van der Waals surface area contributed by atoms with Crippen molar-refractivity contribution in [2.45, 2.75) is 30.4 Å². The van der Waals surface area contributed by atoms with Crippen molar-refractivity contribution < 1.29 is 19.7 Å². The van der Waals surface area contributed by atoms with E-state index in [0.29, 0.717) is 5.65 Å². The largest absolute Gasteiger partial charge is 0.497 e. The van der Waals surface area contributed by atoms with E-state index in [9.17, 15) is 15.0 Å². The molecule has 1 saturated heterocycles. The maximum absolute atomic E-state index is 13.2. The van der Waals surface area contributed by atoms with Gasteiger partial charge in [-0.3, -0.25) is 14.3 Å². The minimum atomic E-state index is -0.953. The number of fused-ring (bicyclic) bond motifs is 1. The second-order valence-electron chi connectivity index (χ2n) is 9.69. The summed E-state index contributed by atoms with van der Waals surface area (Å²) in [4.78, 5) is 25.2. The quantitative estimate of drug-likeness (QED) is 0.221. The van der Waals surface area contributed by atoms with Gasteiger partial charge < -0.3 is 25.0 Å². The number of rotatable bonds is 8. The monoisotopic (exact) mass is 539 g/mol. The Bertz CT molecular complexity index is 1610. The molecule has 0 amide bonds. The molecule has 1 aliphatic rings. The Morgan fingerprint density at radius 2 is 1.65 bits per heavy atom. The van der Waals surface area contributed by atoms with E-state index in [-0.39, 0.29) is 24.5 Å². The predicted molar refractivity (Wildman–Crippen MR) is 149 cm³/mol. The van der Waals surface area contributed by atoms with Crippen LogP contribution in [-0.2, 0) is 10.3 Å². The van der Waals surface area contributed by atoms with Gasteiger partial charge >= 0.3 is 0 Å². The molecule has 0 saturated carbocycles. The highest BCUT2D eigenvalue weighted by atomic mass is 16.5. The molecule has 1 unspecified atom stereocenters. The summed E-state index contributed by atoms with van der Waals surface area (Å²) < 4.78 is 12.9. The van der Waals surface area contributed by atoms with Gasteiger partial charge in [0.2, 0.25) is 5.95 Å². The zero-order chi connectivity index (χ0) is 27.7. The third-order valence-electron chi connectivity index (χ3n) is 7.37. The van der Waals surface area contributed by atoms with Gasteiger partial charge in [0.25, 0.3) is 5.56 Å². The minimum Gasteiger partial charge on any atom is -0.497 e. The summed E-state index contributed by atoms with van der Waals surface area (Å²) in [6, 6.07) is 27.6. The summed E-state index contributed by atoms with van der Waals surface area (Å²) in [7, 11) is 1.62. The smallest absolute Gasteiger partial charge is 0.280 e. The van der Waals surface area contributed by atoms with Crippen LogP contribution >= 0.6 is 0 Å². The molecule has 4 N–H and O–H groups in total. The molecule has 5 aromatic rings. The first-order chi connectivity index (χ1) is 19.5. The molecule has 1 aliphatic heterocycles. The molecule has 0 radical (unpaired) electrons. The highest BCUT2D eigenvalue weighted by molar-refractivity contribution is 5.71. The number of imidazole rings is 1. The first kappa shape index (κ1) is 25.8. The SMILES string of the molecule is COc1ccc(C(Nc2nc3c(ncn3[C@H]3CC(O)[C@@H](CO)O3)c(=O)[nH]2)(c2ccccc2)c2ccccc2)cc1. The molecule has 6 rings (SSSR count). The Labute approximate surface area is 229 Å². The number of H-pyrrole nitrogens is 1. The van der Waals surface area contributed by atoms with Gasteiger partial charge in [0.1, 0.15) is 23.6 Å². The van der Waals surface area contributed by atoms with Crippen LogP contribution in [0.15, 0.2) is 96.1 Å². The van der Waals surface area contributed by atoms with Crippen LogP contribution in [0.1, 0.15) is 29.3 Å². The third kappa shape index (κ3) is 4.41. The van der Waals surface area contributed by atoms with Crippen LogP contribution in [0.3, 0.4) is 0 Å². The number of aromatic amines is 1. The summed E-state index contributed by atoms with van der Waals surface area (Å²) in [6.45, 7) is -0.316. The van der Waals surface area contributed by atoms with Crippen molar-refractivity contribution in [3.63, 3.8) is 0 Å². The van der Waals surface area contributed by atoms with Gasteiger partial charge in [-0.1, -0.05) is 72.8 Å². The van der Waals surface area contributed by atoms with Crippen LogP contribution < -0.4 is 15.6 Å². The van der Waals surface area contributed by atoms with Crippen molar-refractivity contribution in [2.24, 2.45) is 0 Å². The molecular formula is C30H29N5O5. The van der Waals surface area contributed by atoms with Crippen LogP contribution in [0.25, 0.3) is 11.2 Å². The van der Waals surface area contributed by atoms with Crippen LogP contribution in [0, 0.1) is 0 Å². The first-order valence-corrected chi connectivity index (χ1v) is 13.0. The first-order valence-electron chi connectivity index (χ1n) is 13.0. The van der Waals surface area contributed by atoms with Crippen molar-refractivity contribution in [3.8, 4) is 5.75 Å². The van der Waals surface area contributed by atoms with E-state index in [2.05, 4.69) is 15.3 Å². The lowest BCUT2D eigenvalue weighted by atomic mass is 9.77.